The topological polar surface area (TPSA) is 45.7 Å². The molecule has 0 heterocycles. The van der Waals surface area contributed by atoms with Gasteiger partial charge in [-0.05, 0) is 37.1 Å². The first-order valence-electron chi connectivity index (χ1n) is 6.47. The van der Waals surface area contributed by atoms with Crippen LogP contribution in [0.1, 0.15) is 12.5 Å². The summed E-state index contributed by atoms with van der Waals surface area (Å²) >= 11 is 9.52. The van der Waals surface area contributed by atoms with E-state index in [4.69, 9.17) is 16.3 Å². The van der Waals surface area contributed by atoms with E-state index in [1.54, 1.807) is 14.2 Å². The number of nitrogens with one attached hydrogen (secondary N) is 2. The lowest BCUT2D eigenvalue weighted by molar-refractivity contribution is 0.179. The molecule has 0 aliphatic carbocycles. The van der Waals surface area contributed by atoms with Gasteiger partial charge in [-0.15, -0.1) is 0 Å². The van der Waals surface area contributed by atoms with Gasteiger partial charge in [0.15, 0.2) is 5.96 Å². The molecule has 20 heavy (non-hydrogen) atoms. The molecule has 0 saturated carbocycles. The molecule has 0 aliphatic heterocycles. The zero-order valence-corrected chi connectivity index (χ0v) is 14.4. The van der Waals surface area contributed by atoms with E-state index in [-0.39, 0.29) is 6.04 Å². The van der Waals surface area contributed by atoms with Crippen LogP contribution in [0.4, 0.5) is 0 Å². The highest BCUT2D eigenvalue weighted by Gasteiger charge is 2.05. The normalized spacial score (nSPS) is 13.2. The maximum absolute atomic E-state index is 6.00. The van der Waals surface area contributed by atoms with Gasteiger partial charge in [0.25, 0.3) is 0 Å². The Kier molecular flexibility index (Phi) is 7.95. The summed E-state index contributed by atoms with van der Waals surface area (Å²) in [6.45, 7) is 3.46. The van der Waals surface area contributed by atoms with Gasteiger partial charge in [0.05, 0.1) is 6.61 Å². The maximum Gasteiger partial charge on any atom is 0.191 e. The van der Waals surface area contributed by atoms with Crippen LogP contribution in [-0.4, -0.2) is 39.3 Å². The van der Waals surface area contributed by atoms with Crippen LogP contribution < -0.4 is 10.6 Å². The van der Waals surface area contributed by atoms with Gasteiger partial charge in [-0.2, -0.15) is 0 Å². The van der Waals surface area contributed by atoms with Crippen molar-refractivity contribution in [2.24, 2.45) is 4.99 Å². The van der Waals surface area contributed by atoms with E-state index >= 15 is 0 Å². The van der Waals surface area contributed by atoms with Crippen LogP contribution in [0.2, 0.25) is 5.02 Å². The van der Waals surface area contributed by atoms with Crippen molar-refractivity contribution in [3.8, 4) is 0 Å². The Labute approximate surface area is 134 Å². The highest BCUT2D eigenvalue weighted by molar-refractivity contribution is 9.10. The first-order chi connectivity index (χ1) is 9.56. The zero-order chi connectivity index (χ0) is 15.0. The number of methoxy groups -OCH3 is 1. The minimum absolute atomic E-state index is 0.212. The molecule has 1 aromatic carbocycles. The standard InChI is InChI=1S/C14H21BrClN3O/c1-10(9-20-3)19-14(17-2)18-7-6-11-8-12(16)4-5-13(11)15/h4-5,8,10H,6-7,9H2,1-3H3,(H2,17,18,19). The van der Waals surface area contributed by atoms with Crippen LogP contribution in [0.15, 0.2) is 27.7 Å². The Morgan fingerprint density at radius 3 is 2.90 bits per heavy atom. The van der Waals surface area contributed by atoms with Crippen LogP contribution >= 0.6 is 27.5 Å². The van der Waals surface area contributed by atoms with Crippen molar-refractivity contribution in [2.75, 3.05) is 27.3 Å². The summed E-state index contributed by atoms with van der Waals surface area (Å²) in [5, 5.41) is 7.28. The SMILES string of the molecule is CN=C(NCCc1cc(Cl)ccc1Br)NC(C)COC. The van der Waals surface area contributed by atoms with Crippen molar-refractivity contribution in [2.45, 2.75) is 19.4 Å². The number of rotatable bonds is 6. The van der Waals surface area contributed by atoms with E-state index in [0.717, 1.165) is 28.4 Å². The third-order valence-electron chi connectivity index (χ3n) is 2.72. The quantitative estimate of drug-likeness (QED) is 0.604. The van der Waals surface area contributed by atoms with Crippen molar-refractivity contribution in [1.29, 1.82) is 0 Å². The molecule has 6 heteroatoms. The number of guanidine groups is 1. The number of nitrogens with zero attached hydrogens (tertiary/aromatic N) is 1. The summed E-state index contributed by atoms with van der Waals surface area (Å²) in [5.41, 5.74) is 1.17. The number of halogens is 2. The smallest absolute Gasteiger partial charge is 0.191 e. The van der Waals surface area contributed by atoms with Crippen molar-refractivity contribution in [1.82, 2.24) is 10.6 Å². The van der Waals surface area contributed by atoms with Crippen LogP contribution in [-0.2, 0) is 11.2 Å². The van der Waals surface area contributed by atoms with Gasteiger partial charge in [0, 0.05) is 36.2 Å². The second kappa shape index (κ2) is 9.21. The Morgan fingerprint density at radius 2 is 2.25 bits per heavy atom. The highest BCUT2D eigenvalue weighted by Crippen LogP contribution is 2.21. The monoisotopic (exact) mass is 361 g/mol. The Balaban J connectivity index is 2.44. The minimum Gasteiger partial charge on any atom is -0.383 e. The van der Waals surface area contributed by atoms with Crippen molar-refractivity contribution >= 4 is 33.5 Å². The molecule has 1 atom stereocenters. The molecule has 0 fully saturated rings. The fraction of sp³-hybridized carbons (Fsp3) is 0.500. The van der Waals surface area contributed by atoms with Gasteiger partial charge < -0.3 is 15.4 Å². The van der Waals surface area contributed by atoms with E-state index in [9.17, 15) is 0 Å². The number of ether oxygens (including phenoxy) is 1. The lowest BCUT2D eigenvalue weighted by Crippen LogP contribution is -2.44. The second-order valence-corrected chi connectivity index (χ2v) is 5.78. The highest BCUT2D eigenvalue weighted by atomic mass is 79.9. The Hall–Kier alpha value is -0.780. The molecule has 0 aromatic heterocycles. The summed E-state index contributed by atoms with van der Waals surface area (Å²) in [5.74, 6) is 0.771. The van der Waals surface area contributed by atoms with Crippen LogP contribution in [0.25, 0.3) is 0 Å². The van der Waals surface area contributed by atoms with Crippen LogP contribution in [0.3, 0.4) is 0 Å². The molecule has 0 radical (unpaired) electrons. The first-order valence-corrected chi connectivity index (χ1v) is 7.64. The van der Waals surface area contributed by atoms with E-state index in [0.29, 0.717) is 6.61 Å². The summed E-state index contributed by atoms with van der Waals surface area (Å²) in [7, 11) is 3.44. The average molecular weight is 363 g/mol. The van der Waals surface area contributed by atoms with E-state index < -0.39 is 0 Å². The van der Waals surface area contributed by atoms with Gasteiger partial charge in [-0.3, -0.25) is 4.99 Å². The molecule has 0 amide bonds. The van der Waals surface area contributed by atoms with E-state index in [2.05, 4.69) is 31.6 Å². The molecule has 1 unspecified atom stereocenters. The fourth-order valence-electron chi connectivity index (χ4n) is 1.77. The van der Waals surface area contributed by atoms with Crippen LogP contribution in [0.5, 0.6) is 0 Å². The molecule has 2 N–H and O–H groups in total. The van der Waals surface area contributed by atoms with Gasteiger partial charge >= 0.3 is 0 Å². The summed E-state index contributed by atoms with van der Waals surface area (Å²) < 4.78 is 6.15. The van der Waals surface area contributed by atoms with Gasteiger partial charge in [0.2, 0.25) is 0 Å². The Bertz CT molecular complexity index is 454. The molecule has 4 nitrogen and oxygen atoms in total. The van der Waals surface area contributed by atoms with Crippen LogP contribution in [0, 0.1) is 0 Å². The molecule has 1 rings (SSSR count). The Morgan fingerprint density at radius 1 is 1.50 bits per heavy atom. The second-order valence-electron chi connectivity index (χ2n) is 4.49. The van der Waals surface area contributed by atoms with Gasteiger partial charge in [-0.1, -0.05) is 27.5 Å². The molecule has 0 aliphatic rings. The lowest BCUT2D eigenvalue weighted by Gasteiger charge is -2.17. The molecular weight excluding hydrogens is 342 g/mol. The molecule has 1 aromatic rings. The summed E-state index contributed by atoms with van der Waals surface area (Å²) in [6.07, 6.45) is 0.862. The molecule has 0 saturated heterocycles. The zero-order valence-electron chi connectivity index (χ0n) is 12.0. The largest absolute Gasteiger partial charge is 0.383 e. The minimum atomic E-state index is 0.212. The predicted octanol–water partition coefficient (Wildman–Crippen LogP) is 2.84. The van der Waals surface area contributed by atoms with Gasteiger partial charge in [0.1, 0.15) is 0 Å². The van der Waals surface area contributed by atoms with E-state index in [1.807, 2.05) is 25.1 Å². The number of benzene rings is 1. The number of hydrogen-bond acceptors (Lipinski definition) is 2. The number of hydrogen-bond donors (Lipinski definition) is 2. The van der Waals surface area contributed by atoms with E-state index in [1.165, 1.54) is 5.56 Å². The lowest BCUT2D eigenvalue weighted by atomic mass is 10.1. The average Bonchev–Trinajstić information content (AvgIpc) is 2.41. The molecule has 112 valence electrons. The maximum atomic E-state index is 6.00. The summed E-state index contributed by atoms with van der Waals surface area (Å²) in [6, 6.07) is 6.02. The first kappa shape index (κ1) is 17.3. The third kappa shape index (κ3) is 6.11. The van der Waals surface area contributed by atoms with Crippen molar-refractivity contribution in [3.63, 3.8) is 0 Å². The number of aliphatic imine (C=N–C) groups is 1. The summed E-state index contributed by atoms with van der Waals surface area (Å²) in [4.78, 5) is 4.18. The fourth-order valence-corrected chi connectivity index (χ4v) is 2.41. The predicted molar refractivity (Wildman–Crippen MR) is 88.7 cm³/mol. The van der Waals surface area contributed by atoms with Gasteiger partial charge in [-0.25, -0.2) is 0 Å². The van der Waals surface area contributed by atoms with Crippen molar-refractivity contribution < 1.29 is 4.74 Å². The molecule has 0 bridgehead atoms. The van der Waals surface area contributed by atoms with Crippen molar-refractivity contribution in [3.05, 3.63) is 33.3 Å². The third-order valence-corrected chi connectivity index (χ3v) is 3.73. The molecular formula is C14H21BrClN3O. The molecule has 0 spiro atoms.